The number of carboxylic acid groups (broad SMARTS) is 2. The van der Waals surface area contributed by atoms with Crippen molar-refractivity contribution in [3.05, 3.63) is 35.9 Å². The molecule has 5 fully saturated rings. The Morgan fingerprint density at radius 2 is 1.78 bits per heavy atom. The summed E-state index contributed by atoms with van der Waals surface area (Å²) in [5, 5.41) is 21.9. The number of carbonyl (C=O) groups is 4. The van der Waals surface area contributed by atoms with Crippen molar-refractivity contribution in [2.24, 2.45) is 0 Å². The van der Waals surface area contributed by atoms with Gasteiger partial charge in [-0.05, 0) is 24.8 Å². The molecule has 0 aromatic heterocycles. The second-order valence-electron chi connectivity index (χ2n) is 9.13. The first-order chi connectivity index (χ1) is 15.2. The predicted molar refractivity (Wildman–Crippen MR) is 108 cm³/mol. The van der Waals surface area contributed by atoms with Crippen LogP contribution in [-0.4, -0.2) is 91.9 Å². The van der Waals surface area contributed by atoms with Crippen molar-refractivity contribution >= 4 is 24.2 Å². The van der Waals surface area contributed by atoms with Gasteiger partial charge in [-0.1, -0.05) is 30.3 Å². The molecule has 1 aromatic carbocycles. The van der Waals surface area contributed by atoms with E-state index in [0.29, 0.717) is 19.3 Å². The molecule has 11 nitrogen and oxygen atoms in total. The fourth-order valence-corrected chi connectivity index (χ4v) is 5.79. The first-order valence-corrected chi connectivity index (χ1v) is 10.5. The third-order valence-corrected chi connectivity index (χ3v) is 7.18. The lowest BCUT2D eigenvalue weighted by molar-refractivity contribution is -0.154. The number of carbonyl (C=O) groups excluding carboxylic acids is 2. The largest absolute Gasteiger partial charge is 0.480 e. The number of fused-ring (bicyclic) bond motifs is 1. The van der Waals surface area contributed by atoms with Crippen LogP contribution < -0.4 is 5.32 Å². The molecular weight excluding hydrogens is 420 g/mol. The number of alkyl carbamates (subject to hydrolysis) is 1. The molecule has 3 saturated carbocycles. The van der Waals surface area contributed by atoms with Gasteiger partial charge in [0.2, 0.25) is 0 Å². The Hall–Kier alpha value is -3.50. The van der Waals surface area contributed by atoms with Gasteiger partial charge in [-0.3, -0.25) is 4.90 Å². The molecule has 5 aliphatic rings. The minimum absolute atomic E-state index is 0.0336. The van der Waals surface area contributed by atoms with Crippen molar-refractivity contribution < 1.29 is 34.1 Å². The summed E-state index contributed by atoms with van der Waals surface area (Å²) in [4.78, 5) is 52.5. The number of hydrogen-bond donors (Lipinski definition) is 3. The first-order valence-electron chi connectivity index (χ1n) is 10.5. The summed E-state index contributed by atoms with van der Waals surface area (Å²) in [7, 11) is 0. The van der Waals surface area contributed by atoms with Gasteiger partial charge in [-0.25, -0.2) is 19.2 Å². The molecule has 0 spiro atoms. The number of nitrogens with zero attached hydrogens (tertiary/aromatic N) is 3. The smallest absolute Gasteiger partial charge is 0.408 e. The van der Waals surface area contributed by atoms with Crippen LogP contribution in [0.25, 0.3) is 0 Å². The summed E-state index contributed by atoms with van der Waals surface area (Å²) in [6, 6.07) is 7.08. The molecular formula is C21H24N4O7. The molecule has 3 N–H and O–H groups in total. The van der Waals surface area contributed by atoms with Crippen LogP contribution in [0.15, 0.2) is 30.3 Å². The Balaban J connectivity index is 1.19. The maximum absolute atomic E-state index is 13.0. The Morgan fingerprint density at radius 3 is 2.41 bits per heavy atom. The van der Waals surface area contributed by atoms with Gasteiger partial charge in [0.15, 0.2) is 6.04 Å². The van der Waals surface area contributed by atoms with Crippen molar-refractivity contribution in [2.75, 3.05) is 19.6 Å². The fourth-order valence-electron chi connectivity index (χ4n) is 5.79. The van der Waals surface area contributed by atoms with Crippen LogP contribution in [0.3, 0.4) is 0 Å². The summed E-state index contributed by atoms with van der Waals surface area (Å²) in [6.45, 7) is 0.468. The van der Waals surface area contributed by atoms with Crippen LogP contribution in [0.2, 0.25) is 0 Å². The number of benzene rings is 1. The number of rotatable bonds is 5. The quantitative estimate of drug-likeness (QED) is 0.619. The van der Waals surface area contributed by atoms with Crippen LogP contribution >= 0.6 is 0 Å². The molecule has 2 unspecified atom stereocenters. The standard InChI is InChI=1S/C21H24N4O7/c26-16(27)15-14-8-25(18(29)23(14)6-7-24(15)19(30)31)21-10-20(11-21,12-21)22-17(28)32-9-13-4-2-1-3-5-13/h1-5,14-15H,6-12H2,(H,22,28)(H,26,27)(H,30,31). The lowest BCUT2D eigenvalue weighted by Gasteiger charge is -2.72. The molecule has 2 bridgehead atoms. The second kappa shape index (κ2) is 7.01. The van der Waals surface area contributed by atoms with E-state index >= 15 is 0 Å². The van der Waals surface area contributed by atoms with E-state index < -0.39 is 41.3 Å². The zero-order valence-corrected chi connectivity index (χ0v) is 17.3. The van der Waals surface area contributed by atoms with E-state index in [0.717, 1.165) is 10.5 Å². The number of nitrogens with one attached hydrogen (secondary N) is 1. The minimum atomic E-state index is -1.30. The molecule has 32 heavy (non-hydrogen) atoms. The zero-order valence-electron chi connectivity index (χ0n) is 17.3. The maximum atomic E-state index is 13.0. The molecule has 2 atom stereocenters. The number of urea groups is 1. The number of carboxylic acids is 1. The monoisotopic (exact) mass is 444 g/mol. The first kappa shape index (κ1) is 20.4. The molecule has 11 heteroatoms. The number of ether oxygens (including phenoxy) is 1. The molecule has 4 amide bonds. The van der Waals surface area contributed by atoms with E-state index in [9.17, 15) is 29.4 Å². The van der Waals surface area contributed by atoms with Gasteiger partial charge in [0.25, 0.3) is 0 Å². The van der Waals surface area contributed by atoms with Crippen LogP contribution in [0, 0.1) is 0 Å². The molecule has 0 radical (unpaired) electrons. The normalized spacial score (nSPS) is 32.5. The third kappa shape index (κ3) is 3.02. The summed E-state index contributed by atoms with van der Waals surface area (Å²) < 4.78 is 5.29. The van der Waals surface area contributed by atoms with Crippen molar-refractivity contribution in [1.29, 1.82) is 0 Å². The fraction of sp³-hybridized carbons (Fsp3) is 0.524. The Labute approximate surface area is 183 Å². The lowest BCUT2D eigenvalue weighted by atomic mass is 9.43. The van der Waals surface area contributed by atoms with Gasteiger partial charge in [0.1, 0.15) is 6.61 Å². The molecule has 2 saturated heterocycles. The third-order valence-electron chi connectivity index (χ3n) is 7.18. The molecule has 2 heterocycles. The van der Waals surface area contributed by atoms with E-state index in [2.05, 4.69) is 5.32 Å². The van der Waals surface area contributed by atoms with E-state index in [1.54, 1.807) is 4.90 Å². The lowest BCUT2D eigenvalue weighted by Crippen LogP contribution is -2.84. The Morgan fingerprint density at radius 1 is 1.09 bits per heavy atom. The number of amides is 4. The molecule has 2 aliphatic heterocycles. The second-order valence-corrected chi connectivity index (χ2v) is 9.13. The van der Waals surface area contributed by atoms with Gasteiger partial charge < -0.3 is 30.1 Å². The number of piperazine rings is 1. The minimum Gasteiger partial charge on any atom is -0.480 e. The van der Waals surface area contributed by atoms with Crippen molar-refractivity contribution in [2.45, 2.75) is 49.0 Å². The van der Waals surface area contributed by atoms with Gasteiger partial charge in [-0.2, -0.15) is 0 Å². The highest BCUT2D eigenvalue weighted by Gasteiger charge is 2.74. The Kier molecular flexibility index (Phi) is 4.47. The van der Waals surface area contributed by atoms with Crippen molar-refractivity contribution in [3.8, 4) is 0 Å². The molecule has 170 valence electrons. The van der Waals surface area contributed by atoms with E-state index in [1.165, 1.54) is 4.90 Å². The van der Waals surface area contributed by atoms with E-state index in [1.807, 2.05) is 30.3 Å². The van der Waals surface area contributed by atoms with E-state index in [4.69, 9.17) is 4.74 Å². The topological polar surface area (TPSA) is 140 Å². The van der Waals surface area contributed by atoms with Gasteiger partial charge in [0, 0.05) is 19.6 Å². The van der Waals surface area contributed by atoms with Gasteiger partial charge in [0.05, 0.1) is 17.1 Å². The highest BCUT2D eigenvalue weighted by molar-refractivity contribution is 5.85. The van der Waals surface area contributed by atoms with E-state index in [-0.39, 0.29) is 32.3 Å². The van der Waals surface area contributed by atoms with Crippen LogP contribution in [0.4, 0.5) is 14.4 Å². The highest BCUT2D eigenvalue weighted by atomic mass is 16.5. The van der Waals surface area contributed by atoms with Crippen LogP contribution in [0.5, 0.6) is 0 Å². The summed E-state index contributed by atoms with van der Waals surface area (Å²) in [5.74, 6) is -1.26. The van der Waals surface area contributed by atoms with Gasteiger partial charge in [-0.15, -0.1) is 0 Å². The van der Waals surface area contributed by atoms with Crippen LogP contribution in [0.1, 0.15) is 24.8 Å². The molecule has 3 aliphatic carbocycles. The molecule has 6 rings (SSSR count). The highest BCUT2D eigenvalue weighted by Crippen LogP contribution is 2.64. The number of aliphatic carboxylic acids is 1. The SMILES string of the molecule is O=C(NC12CC(N3CC4C(C(=O)O)N(C(=O)O)CCN4C3=O)(C1)C2)OCc1ccccc1. The summed E-state index contributed by atoms with van der Waals surface area (Å²) in [6.07, 6.45) is -0.0751. The van der Waals surface area contributed by atoms with Crippen LogP contribution in [-0.2, 0) is 16.1 Å². The predicted octanol–water partition coefficient (Wildman–Crippen LogP) is 1.14. The number of hydrogen-bond acceptors (Lipinski definition) is 5. The van der Waals surface area contributed by atoms with Crippen molar-refractivity contribution in [3.63, 3.8) is 0 Å². The van der Waals surface area contributed by atoms with Crippen molar-refractivity contribution in [1.82, 2.24) is 20.0 Å². The maximum Gasteiger partial charge on any atom is 0.408 e. The average Bonchev–Trinajstić information content (AvgIpc) is 3.04. The summed E-state index contributed by atoms with van der Waals surface area (Å²) in [5.41, 5.74) is 0.0636. The van der Waals surface area contributed by atoms with Gasteiger partial charge >= 0.3 is 24.2 Å². The zero-order chi connectivity index (χ0) is 22.7. The molecule has 1 aromatic rings. The Bertz CT molecular complexity index is 964. The summed E-state index contributed by atoms with van der Waals surface area (Å²) >= 11 is 0. The average molecular weight is 444 g/mol.